The molecule has 1 aromatic carbocycles. The number of carbonyl (C=O) groups is 3. The van der Waals surface area contributed by atoms with Gasteiger partial charge in [0.05, 0.1) is 24.7 Å². The summed E-state index contributed by atoms with van der Waals surface area (Å²) in [7, 11) is 0. The number of nitrogens with zero attached hydrogens (tertiary/aromatic N) is 2. The Hall–Kier alpha value is -1.84. The standard InChI is InChI=1S/C18H19BrN2O5S/c1-2-26-14-4-3-13(19)9-12(14)10-15-17(23)21(18(24)27-15)11-16(22)20-5-7-25-8-6-20/h3-4,9-10H,2,5-8,11H2,1H3/b15-10+. The molecule has 0 unspecified atom stereocenters. The zero-order valence-electron chi connectivity index (χ0n) is 14.8. The van der Waals surface area contributed by atoms with Crippen molar-refractivity contribution in [1.82, 2.24) is 9.80 Å². The first-order valence-electron chi connectivity index (χ1n) is 8.53. The van der Waals surface area contributed by atoms with Crippen LogP contribution in [0.3, 0.4) is 0 Å². The minimum absolute atomic E-state index is 0.251. The van der Waals surface area contributed by atoms with E-state index in [1.165, 1.54) is 0 Å². The number of rotatable bonds is 5. The third-order valence-electron chi connectivity index (χ3n) is 4.09. The minimum atomic E-state index is -0.464. The van der Waals surface area contributed by atoms with Gasteiger partial charge in [-0.15, -0.1) is 0 Å². The molecular weight excluding hydrogens is 436 g/mol. The molecule has 0 aliphatic carbocycles. The summed E-state index contributed by atoms with van der Waals surface area (Å²) in [6.07, 6.45) is 1.62. The number of thioether (sulfide) groups is 1. The van der Waals surface area contributed by atoms with Gasteiger partial charge in [-0.3, -0.25) is 19.3 Å². The Bertz CT molecular complexity index is 792. The summed E-state index contributed by atoms with van der Waals surface area (Å²) in [5.74, 6) is -0.0924. The van der Waals surface area contributed by atoms with Gasteiger partial charge in [0.25, 0.3) is 11.1 Å². The monoisotopic (exact) mass is 454 g/mol. The van der Waals surface area contributed by atoms with E-state index in [1.54, 1.807) is 17.0 Å². The van der Waals surface area contributed by atoms with Crippen molar-refractivity contribution < 1.29 is 23.9 Å². The van der Waals surface area contributed by atoms with Crippen LogP contribution in [0, 0.1) is 0 Å². The molecule has 0 atom stereocenters. The smallest absolute Gasteiger partial charge is 0.294 e. The molecular formula is C18H19BrN2O5S. The molecule has 0 radical (unpaired) electrons. The first kappa shape index (κ1) is 19.9. The fraction of sp³-hybridized carbons (Fsp3) is 0.389. The lowest BCUT2D eigenvalue weighted by Gasteiger charge is -2.28. The lowest BCUT2D eigenvalue weighted by atomic mass is 10.2. The maximum atomic E-state index is 12.7. The van der Waals surface area contributed by atoms with Crippen LogP contribution in [0.1, 0.15) is 12.5 Å². The molecule has 2 aliphatic rings. The van der Waals surface area contributed by atoms with Crippen molar-refractivity contribution in [3.8, 4) is 5.75 Å². The number of morpholine rings is 1. The highest BCUT2D eigenvalue weighted by atomic mass is 79.9. The van der Waals surface area contributed by atoms with Gasteiger partial charge >= 0.3 is 0 Å². The molecule has 27 heavy (non-hydrogen) atoms. The second kappa shape index (κ2) is 8.90. The molecule has 7 nitrogen and oxygen atoms in total. The number of amides is 3. The van der Waals surface area contributed by atoms with Crippen LogP contribution in [0.5, 0.6) is 5.75 Å². The SMILES string of the molecule is CCOc1ccc(Br)cc1/C=C1/SC(=O)N(CC(=O)N2CCOCC2)C1=O. The maximum absolute atomic E-state index is 12.7. The molecule has 3 amide bonds. The predicted octanol–water partition coefficient (Wildman–Crippen LogP) is 2.74. The van der Waals surface area contributed by atoms with E-state index >= 15 is 0 Å². The zero-order valence-corrected chi connectivity index (χ0v) is 17.2. The van der Waals surface area contributed by atoms with Crippen molar-refractivity contribution in [3.05, 3.63) is 33.1 Å². The first-order valence-corrected chi connectivity index (χ1v) is 10.1. The quantitative estimate of drug-likeness (QED) is 0.636. The van der Waals surface area contributed by atoms with Crippen LogP contribution in [0.2, 0.25) is 0 Å². The number of imide groups is 1. The van der Waals surface area contributed by atoms with Crippen molar-refractivity contribution in [3.63, 3.8) is 0 Å². The van der Waals surface area contributed by atoms with Crippen molar-refractivity contribution in [1.29, 1.82) is 0 Å². The highest BCUT2D eigenvalue weighted by molar-refractivity contribution is 9.10. The Balaban J connectivity index is 1.76. The Morgan fingerprint density at radius 3 is 2.78 bits per heavy atom. The molecule has 3 rings (SSSR count). The van der Waals surface area contributed by atoms with E-state index in [2.05, 4.69) is 15.9 Å². The molecule has 0 bridgehead atoms. The largest absolute Gasteiger partial charge is 0.493 e. The molecule has 0 spiro atoms. The van der Waals surface area contributed by atoms with Gasteiger partial charge in [0.15, 0.2) is 0 Å². The third-order valence-corrected chi connectivity index (χ3v) is 5.49. The number of benzene rings is 1. The fourth-order valence-electron chi connectivity index (χ4n) is 2.74. The average Bonchev–Trinajstić information content (AvgIpc) is 2.92. The van der Waals surface area contributed by atoms with Crippen molar-refractivity contribution in [2.75, 3.05) is 39.5 Å². The Labute approximate surface area is 169 Å². The maximum Gasteiger partial charge on any atom is 0.294 e. The molecule has 0 N–H and O–H groups in total. The molecule has 2 saturated heterocycles. The van der Waals surface area contributed by atoms with E-state index in [1.807, 2.05) is 19.1 Å². The van der Waals surface area contributed by atoms with Crippen LogP contribution in [-0.4, -0.2) is 66.3 Å². The van der Waals surface area contributed by atoms with E-state index < -0.39 is 11.1 Å². The minimum Gasteiger partial charge on any atom is -0.493 e. The summed E-state index contributed by atoms with van der Waals surface area (Å²) in [4.78, 5) is 40.2. The second-order valence-corrected chi connectivity index (χ2v) is 7.79. The summed E-state index contributed by atoms with van der Waals surface area (Å²) in [5, 5.41) is -0.444. The number of hydrogen-bond donors (Lipinski definition) is 0. The summed E-state index contributed by atoms with van der Waals surface area (Å²) < 4.78 is 11.6. The zero-order chi connectivity index (χ0) is 19.4. The van der Waals surface area contributed by atoms with E-state index in [0.29, 0.717) is 44.2 Å². The van der Waals surface area contributed by atoms with Gasteiger partial charge in [0.2, 0.25) is 5.91 Å². The summed E-state index contributed by atoms with van der Waals surface area (Å²) in [6.45, 7) is 3.99. The van der Waals surface area contributed by atoms with E-state index in [9.17, 15) is 14.4 Å². The van der Waals surface area contributed by atoms with E-state index in [-0.39, 0.29) is 17.4 Å². The molecule has 144 valence electrons. The van der Waals surface area contributed by atoms with Crippen LogP contribution in [0.15, 0.2) is 27.6 Å². The average molecular weight is 455 g/mol. The highest BCUT2D eigenvalue weighted by Crippen LogP contribution is 2.34. The molecule has 0 aromatic heterocycles. The van der Waals surface area contributed by atoms with Gasteiger partial charge in [0.1, 0.15) is 12.3 Å². The molecule has 0 saturated carbocycles. The van der Waals surface area contributed by atoms with Gasteiger partial charge in [0, 0.05) is 23.1 Å². The summed E-state index contributed by atoms with van der Waals surface area (Å²) in [6, 6.07) is 5.46. The molecule has 9 heteroatoms. The Kier molecular flexibility index (Phi) is 6.56. The number of carbonyl (C=O) groups excluding carboxylic acids is 3. The van der Waals surface area contributed by atoms with Crippen LogP contribution < -0.4 is 4.74 Å². The van der Waals surface area contributed by atoms with Crippen LogP contribution in [0.25, 0.3) is 6.08 Å². The van der Waals surface area contributed by atoms with Crippen LogP contribution in [0.4, 0.5) is 4.79 Å². The van der Waals surface area contributed by atoms with Crippen molar-refractivity contribution >= 4 is 50.8 Å². The van der Waals surface area contributed by atoms with E-state index in [4.69, 9.17) is 9.47 Å². The van der Waals surface area contributed by atoms with Crippen molar-refractivity contribution in [2.24, 2.45) is 0 Å². The lowest BCUT2D eigenvalue weighted by molar-refractivity contribution is -0.139. The summed E-state index contributed by atoms with van der Waals surface area (Å²) in [5.41, 5.74) is 0.691. The lowest BCUT2D eigenvalue weighted by Crippen LogP contribution is -2.46. The fourth-order valence-corrected chi connectivity index (χ4v) is 3.95. The van der Waals surface area contributed by atoms with Gasteiger partial charge in [-0.2, -0.15) is 0 Å². The number of ether oxygens (including phenoxy) is 2. The van der Waals surface area contributed by atoms with Crippen LogP contribution in [-0.2, 0) is 14.3 Å². The van der Waals surface area contributed by atoms with Gasteiger partial charge in [-0.25, -0.2) is 0 Å². The Morgan fingerprint density at radius 1 is 1.33 bits per heavy atom. The molecule has 1 aromatic rings. The van der Waals surface area contributed by atoms with Crippen LogP contribution >= 0.6 is 27.7 Å². The third kappa shape index (κ3) is 4.72. The van der Waals surface area contributed by atoms with Gasteiger partial charge in [-0.1, -0.05) is 15.9 Å². The normalized spacial score (nSPS) is 19.1. The molecule has 2 aliphatic heterocycles. The van der Waals surface area contributed by atoms with Gasteiger partial charge in [-0.05, 0) is 43.0 Å². The molecule has 2 fully saturated rings. The van der Waals surface area contributed by atoms with Gasteiger partial charge < -0.3 is 14.4 Å². The summed E-state index contributed by atoms with van der Waals surface area (Å²) >= 11 is 4.23. The highest BCUT2D eigenvalue weighted by Gasteiger charge is 2.37. The topological polar surface area (TPSA) is 76.2 Å². The number of halogens is 1. The second-order valence-electron chi connectivity index (χ2n) is 5.88. The van der Waals surface area contributed by atoms with Crippen molar-refractivity contribution in [2.45, 2.75) is 6.92 Å². The Morgan fingerprint density at radius 2 is 2.07 bits per heavy atom. The molecule has 2 heterocycles. The predicted molar refractivity (Wildman–Crippen MR) is 105 cm³/mol. The number of hydrogen-bond acceptors (Lipinski definition) is 6. The van der Waals surface area contributed by atoms with E-state index in [0.717, 1.165) is 21.1 Å². The first-order chi connectivity index (χ1) is 13.0.